The molecule has 0 aliphatic carbocycles. The van der Waals surface area contributed by atoms with Crippen molar-refractivity contribution < 1.29 is 27.5 Å². The third-order valence-electron chi connectivity index (χ3n) is 3.72. The summed E-state index contributed by atoms with van der Waals surface area (Å²) in [5.41, 5.74) is -1.16. The Morgan fingerprint density at radius 2 is 1.67 bits per heavy atom. The highest BCUT2D eigenvalue weighted by molar-refractivity contribution is 5.86. The lowest BCUT2D eigenvalue weighted by molar-refractivity contribution is -0.139. The maximum atomic E-state index is 13.5. The van der Waals surface area contributed by atoms with Crippen LogP contribution in [0.5, 0.6) is 5.75 Å². The van der Waals surface area contributed by atoms with Gasteiger partial charge in [-0.05, 0) is 40.8 Å². The molecule has 0 aliphatic rings. The van der Waals surface area contributed by atoms with Crippen LogP contribution in [0.15, 0.2) is 30.3 Å². The Morgan fingerprint density at radius 1 is 1.04 bits per heavy atom. The minimum Gasteiger partial charge on any atom is -0.507 e. The number of phenols is 1. The molecule has 2 nitrogen and oxygen atoms in total. The van der Waals surface area contributed by atoms with Crippen molar-refractivity contribution in [2.24, 2.45) is 0 Å². The number of alkyl halides is 3. The topological polar surface area (TPSA) is 37.3 Å². The van der Waals surface area contributed by atoms with E-state index >= 15 is 0 Å². The normalized spacial score (nSPS) is 12.3. The Hall–Kier alpha value is -2.37. The molecule has 0 saturated heterocycles. The van der Waals surface area contributed by atoms with Crippen LogP contribution in [0, 0.1) is 5.82 Å². The first-order chi connectivity index (χ1) is 10.9. The van der Waals surface area contributed by atoms with Gasteiger partial charge < -0.3 is 5.11 Å². The van der Waals surface area contributed by atoms with E-state index in [0.29, 0.717) is 24.0 Å². The van der Waals surface area contributed by atoms with Crippen molar-refractivity contribution in [2.75, 3.05) is 0 Å². The quantitative estimate of drug-likeness (QED) is 0.593. The highest BCUT2D eigenvalue weighted by atomic mass is 19.4. The Balaban J connectivity index is 2.75. The fourth-order valence-corrected chi connectivity index (χ4v) is 2.31. The van der Waals surface area contributed by atoms with Gasteiger partial charge in [-0.15, -0.1) is 0 Å². The summed E-state index contributed by atoms with van der Waals surface area (Å²) in [6, 6.07) is 5.46. The predicted molar refractivity (Wildman–Crippen MR) is 82.6 cm³/mol. The number of carbonyl (C=O) groups excluding carboxylic acids is 1. The summed E-state index contributed by atoms with van der Waals surface area (Å²) in [5, 5.41) is 10.2. The van der Waals surface area contributed by atoms with E-state index in [-0.39, 0.29) is 16.7 Å². The SMILES string of the molecule is CC(C)(C)c1cc(C=O)c(O)c(-c2ccc(F)c(C(F)(F)F)c2)c1. The zero-order valence-corrected chi connectivity index (χ0v) is 13.3. The number of phenolic OH excluding ortho intramolecular Hbond substituents is 1. The molecule has 2 rings (SSSR count). The third-order valence-corrected chi connectivity index (χ3v) is 3.72. The molecule has 1 N–H and O–H groups in total. The Labute approximate surface area is 136 Å². The highest BCUT2D eigenvalue weighted by Crippen LogP contribution is 2.39. The molecular weight excluding hydrogens is 324 g/mol. The summed E-state index contributed by atoms with van der Waals surface area (Å²) in [4.78, 5) is 11.2. The van der Waals surface area contributed by atoms with Crippen molar-refractivity contribution in [1.82, 2.24) is 0 Å². The lowest BCUT2D eigenvalue weighted by atomic mass is 9.83. The highest BCUT2D eigenvalue weighted by Gasteiger charge is 2.34. The predicted octanol–water partition coefficient (Wildman–Crippen LogP) is 5.33. The van der Waals surface area contributed by atoms with Crippen LogP contribution in [0.2, 0.25) is 0 Å². The van der Waals surface area contributed by atoms with Crippen molar-refractivity contribution in [3.63, 3.8) is 0 Å². The maximum absolute atomic E-state index is 13.5. The van der Waals surface area contributed by atoms with Crippen LogP contribution in [-0.2, 0) is 11.6 Å². The van der Waals surface area contributed by atoms with Gasteiger partial charge >= 0.3 is 6.18 Å². The maximum Gasteiger partial charge on any atom is 0.419 e. The van der Waals surface area contributed by atoms with Crippen LogP contribution in [0.25, 0.3) is 11.1 Å². The molecule has 24 heavy (non-hydrogen) atoms. The number of aldehydes is 1. The number of halogens is 4. The minimum atomic E-state index is -4.86. The largest absolute Gasteiger partial charge is 0.507 e. The smallest absolute Gasteiger partial charge is 0.419 e. The Kier molecular flexibility index (Phi) is 4.44. The molecule has 2 aromatic carbocycles. The first-order valence-corrected chi connectivity index (χ1v) is 7.15. The van der Waals surface area contributed by atoms with Crippen molar-refractivity contribution in [3.05, 3.63) is 52.8 Å². The second-order valence-electron chi connectivity index (χ2n) is 6.52. The van der Waals surface area contributed by atoms with Crippen LogP contribution in [-0.4, -0.2) is 11.4 Å². The van der Waals surface area contributed by atoms with Crippen LogP contribution < -0.4 is 0 Å². The number of rotatable bonds is 2. The first-order valence-electron chi connectivity index (χ1n) is 7.15. The molecule has 0 fully saturated rings. The van der Waals surface area contributed by atoms with E-state index in [9.17, 15) is 27.5 Å². The third kappa shape index (κ3) is 3.42. The lowest BCUT2D eigenvalue weighted by Gasteiger charge is -2.22. The van der Waals surface area contributed by atoms with E-state index in [2.05, 4.69) is 0 Å². The molecular formula is C18H16F4O2. The van der Waals surface area contributed by atoms with Gasteiger partial charge in [-0.2, -0.15) is 13.2 Å². The number of aromatic hydroxyl groups is 1. The second kappa shape index (κ2) is 5.92. The summed E-state index contributed by atoms with van der Waals surface area (Å²) < 4.78 is 52.2. The Morgan fingerprint density at radius 3 is 2.17 bits per heavy atom. The minimum absolute atomic E-state index is 0.0181. The molecule has 0 bridgehead atoms. The average Bonchev–Trinajstić information content (AvgIpc) is 2.46. The van der Waals surface area contributed by atoms with Gasteiger partial charge in [0.05, 0.1) is 11.1 Å². The van der Waals surface area contributed by atoms with Crippen LogP contribution >= 0.6 is 0 Å². The van der Waals surface area contributed by atoms with Crippen LogP contribution in [0.4, 0.5) is 17.6 Å². The summed E-state index contributed by atoms with van der Waals surface area (Å²) in [6.07, 6.45) is -4.42. The summed E-state index contributed by atoms with van der Waals surface area (Å²) >= 11 is 0. The molecule has 0 saturated carbocycles. The van der Waals surface area contributed by atoms with Gasteiger partial charge in [0.1, 0.15) is 11.6 Å². The molecule has 128 valence electrons. The van der Waals surface area contributed by atoms with Gasteiger partial charge in [-0.1, -0.05) is 26.8 Å². The van der Waals surface area contributed by atoms with Gasteiger partial charge in [0.25, 0.3) is 0 Å². The van der Waals surface area contributed by atoms with E-state index in [1.54, 1.807) is 0 Å². The fourth-order valence-electron chi connectivity index (χ4n) is 2.31. The van der Waals surface area contributed by atoms with Crippen molar-refractivity contribution in [2.45, 2.75) is 32.4 Å². The average molecular weight is 340 g/mol. The molecule has 0 unspecified atom stereocenters. The molecule has 0 heterocycles. The van der Waals surface area contributed by atoms with Crippen LogP contribution in [0.3, 0.4) is 0 Å². The summed E-state index contributed by atoms with van der Waals surface area (Å²) in [6.45, 7) is 5.59. The fraction of sp³-hybridized carbons (Fsp3) is 0.278. The molecule has 0 amide bonds. The molecule has 0 aliphatic heterocycles. The molecule has 0 aromatic heterocycles. The van der Waals surface area contributed by atoms with Gasteiger partial charge in [0, 0.05) is 5.56 Å². The van der Waals surface area contributed by atoms with Crippen molar-refractivity contribution in [3.8, 4) is 16.9 Å². The Bertz CT molecular complexity index is 787. The van der Waals surface area contributed by atoms with Gasteiger partial charge in [-0.3, -0.25) is 4.79 Å². The van der Waals surface area contributed by atoms with E-state index in [0.717, 1.165) is 6.07 Å². The van der Waals surface area contributed by atoms with Gasteiger partial charge in [0.15, 0.2) is 6.29 Å². The van der Waals surface area contributed by atoms with E-state index in [1.165, 1.54) is 12.1 Å². The van der Waals surface area contributed by atoms with E-state index in [1.807, 2.05) is 20.8 Å². The van der Waals surface area contributed by atoms with Crippen molar-refractivity contribution >= 4 is 6.29 Å². The lowest BCUT2D eigenvalue weighted by Crippen LogP contribution is -2.12. The number of carbonyl (C=O) groups is 1. The molecule has 0 spiro atoms. The van der Waals surface area contributed by atoms with E-state index < -0.39 is 28.7 Å². The van der Waals surface area contributed by atoms with Crippen molar-refractivity contribution in [1.29, 1.82) is 0 Å². The standard InChI is InChI=1S/C18H16F4O2/c1-17(2,3)12-6-11(9-23)16(24)13(8-12)10-4-5-15(19)14(7-10)18(20,21)22/h4-9,24H,1-3H3. The second-order valence-corrected chi connectivity index (χ2v) is 6.52. The van der Waals surface area contributed by atoms with Crippen LogP contribution in [0.1, 0.15) is 42.3 Å². The molecule has 0 atom stereocenters. The summed E-state index contributed by atoms with van der Waals surface area (Å²) in [5.74, 6) is -1.83. The monoisotopic (exact) mass is 340 g/mol. The van der Waals surface area contributed by atoms with Gasteiger partial charge in [-0.25, -0.2) is 4.39 Å². The molecule has 2 aromatic rings. The summed E-state index contributed by atoms with van der Waals surface area (Å²) in [7, 11) is 0. The zero-order valence-electron chi connectivity index (χ0n) is 13.3. The number of hydrogen-bond acceptors (Lipinski definition) is 2. The number of hydrogen-bond donors (Lipinski definition) is 1. The van der Waals surface area contributed by atoms with Gasteiger partial charge in [0.2, 0.25) is 0 Å². The first kappa shape index (κ1) is 18.0. The number of benzene rings is 2. The van der Waals surface area contributed by atoms with E-state index in [4.69, 9.17) is 0 Å². The zero-order chi connectivity index (χ0) is 18.3. The molecule has 0 radical (unpaired) electrons. The molecule has 6 heteroatoms.